The predicted octanol–water partition coefficient (Wildman–Crippen LogP) is 3.77. The Balaban J connectivity index is 1.56. The first-order chi connectivity index (χ1) is 12.3. The van der Waals surface area contributed by atoms with Crippen LogP contribution in [-0.2, 0) is 12.8 Å². The van der Waals surface area contributed by atoms with Crippen LogP contribution >= 0.6 is 23.1 Å². The fourth-order valence-electron chi connectivity index (χ4n) is 4.32. The first-order valence-corrected chi connectivity index (χ1v) is 11.7. The first kappa shape index (κ1) is 17.6. The van der Waals surface area contributed by atoms with Crippen LogP contribution in [0.5, 0.6) is 0 Å². The van der Waals surface area contributed by atoms with Crippen LogP contribution in [-0.4, -0.2) is 34.1 Å². The van der Waals surface area contributed by atoms with Gasteiger partial charge in [-0.3, -0.25) is 9.36 Å². The van der Waals surface area contributed by atoms with Crippen LogP contribution in [0, 0.1) is 0 Å². The van der Waals surface area contributed by atoms with E-state index in [2.05, 4.69) is 16.6 Å². The molecule has 0 unspecified atom stereocenters. The highest BCUT2D eigenvalue weighted by Crippen LogP contribution is 2.35. The lowest BCUT2D eigenvalue weighted by Gasteiger charge is -2.23. The van der Waals surface area contributed by atoms with Gasteiger partial charge in [0.15, 0.2) is 0 Å². The number of thiophene rings is 1. The topological polar surface area (TPSA) is 46.9 Å². The predicted molar refractivity (Wildman–Crippen MR) is 108 cm³/mol. The minimum absolute atomic E-state index is 0.209. The molecule has 0 saturated heterocycles. The molecule has 1 fully saturated rings. The highest BCUT2D eigenvalue weighted by Gasteiger charge is 2.26. The summed E-state index contributed by atoms with van der Waals surface area (Å²) < 4.78 is 1.93. The van der Waals surface area contributed by atoms with E-state index < -0.39 is 0 Å². The van der Waals surface area contributed by atoms with Crippen molar-refractivity contribution in [3.8, 4) is 0 Å². The number of thioether (sulfide) groups is 1. The van der Waals surface area contributed by atoms with Crippen molar-refractivity contribution < 1.29 is 0 Å². The summed E-state index contributed by atoms with van der Waals surface area (Å²) in [6.07, 6.45) is 13.1. The van der Waals surface area contributed by atoms with E-state index in [1.807, 2.05) is 16.3 Å². The van der Waals surface area contributed by atoms with Gasteiger partial charge in [0.2, 0.25) is 0 Å². The monoisotopic (exact) mass is 377 g/mol. The maximum absolute atomic E-state index is 13.1. The average molecular weight is 378 g/mol. The smallest absolute Gasteiger partial charge is 0.262 e. The van der Waals surface area contributed by atoms with Crippen molar-refractivity contribution in [2.75, 3.05) is 18.6 Å². The molecule has 136 valence electrons. The van der Waals surface area contributed by atoms with Gasteiger partial charge >= 0.3 is 0 Å². The van der Waals surface area contributed by atoms with Gasteiger partial charge in [-0.15, -0.1) is 11.3 Å². The third-order valence-corrected chi connectivity index (χ3v) is 7.53. The molecule has 0 aromatic carbocycles. The lowest BCUT2D eigenvalue weighted by atomic mass is 9.93. The van der Waals surface area contributed by atoms with Crippen molar-refractivity contribution in [3.63, 3.8) is 0 Å². The summed E-state index contributed by atoms with van der Waals surface area (Å²) in [6.45, 7) is 1.10. The number of aromatic nitrogens is 2. The Bertz CT molecular complexity index is 792. The van der Waals surface area contributed by atoms with E-state index in [9.17, 15) is 4.79 Å². The molecule has 2 aliphatic carbocycles. The number of rotatable bonds is 6. The molecule has 2 aliphatic rings. The molecule has 4 rings (SSSR count). The Kier molecular flexibility index (Phi) is 5.48. The van der Waals surface area contributed by atoms with Crippen LogP contribution in [0.3, 0.4) is 0 Å². The van der Waals surface area contributed by atoms with Crippen LogP contribution in [0.2, 0.25) is 0 Å². The molecule has 1 atom stereocenters. The molecule has 2 aromatic rings. The number of nitrogens with one attached hydrogen (secondary N) is 1. The van der Waals surface area contributed by atoms with Gasteiger partial charge in [0, 0.05) is 17.0 Å². The Morgan fingerprint density at radius 2 is 2.20 bits per heavy atom. The van der Waals surface area contributed by atoms with Crippen molar-refractivity contribution in [2.24, 2.45) is 0 Å². The Morgan fingerprint density at radius 1 is 1.36 bits per heavy atom. The molecule has 1 saturated carbocycles. The van der Waals surface area contributed by atoms with Gasteiger partial charge in [0.1, 0.15) is 4.83 Å². The van der Waals surface area contributed by atoms with Crippen molar-refractivity contribution in [2.45, 2.75) is 63.5 Å². The maximum atomic E-state index is 13.1. The summed E-state index contributed by atoms with van der Waals surface area (Å²) in [5.74, 6) is 1.22. The lowest BCUT2D eigenvalue weighted by molar-refractivity contribution is 0.464. The number of hydrogen-bond donors (Lipinski definition) is 1. The highest BCUT2D eigenvalue weighted by molar-refractivity contribution is 7.98. The molecule has 0 radical (unpaired) electrons. The molecule has 4 nitrogen and oxygen atoms in total. The summed E-state index contributed by atoms with van der Waals surface area (Å²) in [5, 5.41) is 4.63. The van der Waals surface area contributed by atoms with E-state index in [0.717, 1.165) is 48.9 Å². The molecule has 0 spiro atoms. The molecule has 0 amide bonds. The molecule has 2 aromatic heterocycles. The number of nitrogens with zero attached hydrogens (tertiary/aromatic N) is 2. The van der Waals surface area contributed by atoms with Crippen LogP contribution in [0.4, 0.5) is 0 Å². The first-order valence-electron chi connectivity index (χ1n) is 9.51. The third-order valence-electron chi connectivity index (χ3n) is 5.67. The van der Waals surface area contributed by atoms with Crippen LogP contribution in [0.1, 0.15) is 55.0 Å². The molecule has 0 aliphatic heterocycles. The van der Waals surface area contributed by atoms with E-state index in [1.165, 1.54) is 35.5 Å². The van der Waals surface area contributed by atoms with Crippen molar-refractivity contribution >= 4 is 33.3 Å². The molecular formula is C19H27N3OS2. The van der Waals surface area contributed by atoms with Gasteiger partial charge in [-0.25, -0.2) is 4.98 Å². The van der Waals surface area contributed by atoms with Gasteiger partial charge in [-0.2, -0.15) is 11.8 Å². The average Bonchev–Trinajstić information content (AvgIpc) is 3.26. The SMILES string of the molecule is CSCCCN[C@@H]1CCc2c(sc3ncn(C4CCCC4)c(=O)c23)C1. The minimum Gasteiger partial charge on any atom is -0.314 e. The van der Waals surface area contributed by atoms with E-state index in [4.69, 9.17) is 0 Å². The van der Waals surface area contributed by atoms with Gasteiger partial charge in [0.05, 0.1) is 11.7 Å². The molecule has 6 heteroatoms. The van der Waals surface area contributed by atoms with Crippen LogP contribution in [0.15, 0.2) is 11.1 Å². The number of fused-ring (bicyclic) bond motifs is 3. The number of hydrogen-bond acceptors (Lipinski definition) is 5. The Hall–Kier alpha value is -0.850. The van der Waals surface area contributed by atoms with Crippen molar-refractivity contribution in [1.29, 1.82) is 0 Å². The molecule has 0 bridgehead atoms. The van der Waals surface area contributed by atoms with Crippen LogP contribution < -0.4 is 10.9 Å². The zero-order valence-electron chi connectivity index (χ0n) is 14.9. The second-order valence-electron chi connectivity index (χ2n) is 7.32. The number of aryl methyl sites for hydroxylation is 1. The van der Waals surface area contributed by atoms with E-state index in [-0.39, 0.29) is 5.56 Å². The summed E-state index contributed by atoms with van der Waals surface area (Å²) >= 11 is 3.65. The molecule has 2 heterocycles. The second kappa shape index (κ2) is 7.80. The zero-order valence-corrected chi connectivity index (χ0v) is 16.6. The van der Waals surface area contributed by atoms with Gasteiger partial charge < -0.3 is 5.32 Å². The summed E-state index contributed by atoms with van der Waals surface area (Å²) in [4.78, 5) is 20.1. The zero-order chi connectivity index (χ0) is 17.2. The van der Waals surface area contributed by atoms with Crippen molar-refractivity contribution in [3.05, 3.63) is 27.1 Å². The standard InChI is InChI=1S/C19H27N3OS2/c1-24-10-4-9-20-13-7-8-15-16(11-13)25-18-17(15)19(23)22(12-21-18)14-5-2-3-6-14/h12-14,20H,2-11H2,1H3/t13-/m1/s1. The largest absolute Gasteiger partial charge is 0.314 e. The Labute approximate surface area is 157 Å². The highest BCUT2D eigenvalue weighted by atomic mass is 32.2. The van der Waals surface area contributed by atoms with Gasteiger partial charge in [-0.05, 0) is 62.6 Å². The Morgan fingerprint density at radius 3 is 3.00 bits per heavy atom. The maximum Gasteiger partial charge on any atom is 0.262 e. The lowest BCUT2D eigenvalue weighted by Crippen LogP contribution is -2.35. The fraction of sp³-hybridized carbons (Fsp3) is 0.684. The molecule has 1 N–H and O–H groups in total. The summed E-state index contributed by atoms with van der Waals surface area (Å²) in [7, 11) is 0. The summed E-state index contributed by atoms with van der Waals surface area (Å²) in [5.41, 5.74) is 1.51. The second-order valence-corrected chi connectivity index (χ2v) is 9.39. The summed E-state index contributed by atoms with van der Waals surface area (Å²) in [6, 6.07) is 0.925. The quantitative estimate of drug-likeness (QED) is 0.779. The molecule has 25 heavy (non-hydrogen) atoms. The van der Waals surface area contributed by atoms with E-state index >= 15 is 0 Å². The fourth-order valence-corrected chi connectivity index (χ4v) is 6.01. The van der Waals surface area contributed by atoms with E-state index in [1.54, 1.807) is 17.7 Å². The minimum atomic E-state index is 0.209. The van der Waals surface area contributed by atoms with Gasteiger partial charge in [-0.1, -0.05) is 12.8 Å². The molecular weight excluding hydrogens is 350 g/mol. The van der Waals surface area contributed by atoms with Crippen LogP contribution in [0.25, 0.3) is 10.2 Å². The third kappa shape index (κ3) is 3.53. The van der Waals surface area contributed by atoms with E-state index in [0.29, 0.717) is 12.1 Å². The normalized spacial score (nSPS) is 21.1. The van der Waals surface area contributed by atoms with Gasteiger partial charge in [0.25, 0.3) is 5.56 Å². The van der Waals surface area contributed by atoms with Crippen molar-refractivity contribution in [1.82, 2.24) is 14.9 Å².